The van der Waals surface area contributed by atoms with Crippen molar-refractivity contribution in [3.8, 4) is 52.0 Å². The molecule has 0 spiro atoms. The average molecular weight is 2450 g/mol. The summed E-state index contributed by atoms with van der Waals surface area (Å²) >= 11 is 1.73. The number of benzene rings is 12. The minimum atomic E-state index is -0.00704. The van der Waals surface area contributed by atoms with Gasteiger partial charge in [-0.15, -0.1) is 136 Å². The number of aromatic nitrogens is 10. The van der Waals surface area contributed by atoms with Crippen molar-refractivity contribution in [3.63, 3.8) is 0 Å². The Morgan fingerprint density at radius 1 is 0.303 bits per heavy atom. The zero-order chi connectivity index (χ0) is 96.5. The topological polar surface area (TPSA) is 157 Å². The Morgan fingerprint density at radius 2 is 0.676 bits per heavy atom. The van der Waals surface area contributed by atoms with E-state index in [-0.39, 0.29) is 79.4 Å². The van der Waals surface area contributed by atoms with Gasteiger partial charge < -0.3 is 66.3 Å². The van der Waals surface area contributed by atoms with E-state index < -0.39 is 0 Å². The van der Waals surface area contributed by atoms with Crippen LogP contribution < -0.4 is 43.6 Å². The summed E-state index contributed by atoms with van der Waals surface area (Å²) in [5.74, 6) is 6.22. The molecule has 726 valence electrons. The maximum absolute atomic E-state index is 6.49. The molecule has 0 saturated carbocycles. The quantitative estimate of drug-likeness (QED) is 0.106. The smallest absolute Gasteiger partial charge is 0.227 e. The molecular weight excluding hydrogens is 2360 g/mol. The summed E-state index contributed by atoms with van der Waals surface area (Å²) in [4.78, 5) is 42.1. The SMILES string of the molecule is CN1[CH-]N(c2[c-]c(Oc3[c-]c4c(cc3)c3ccccc3n4-c3cc(C(C)(C)C)ccn3)ccc2)c2ccc3c(c21)c1cccnc1n3C.CN1[CH-]N(c2[c-]c(Oc3[c-]c4c(cc3)c3ccccc3n4-c3cc(C(C)(C)C)ccn3)ccc2)c2ccc3oc4ncccc4c3c21.CN1[CH-]N(c2[c-]c(Oc3[c-]c4c(cc3)c3ccccc3n4-c3cc(C(C)(C)C)ccn3)ccc2)c2ccc3sc4ncccc4c3c21.[Pt].[Pt].[Pt]. The number of nitrogens with zero attached hydrogens (tertiary/aromatic N) is 16. The van der Waals surface area contributed by atoms with Crippen molar-refractivity contribution in [2.45, 2.75) is 78.6 Å². The fourth-order valence-electron chi connectivity index (χ4n) is 20.3. The van der Waals surface area contributed by atoms with Gasteiger partial charge in [-0.3, -0.25) is 0 Å². The van der Waals surface area contributed by atoms with Crippen molar-refractivity contribution in [1.82, 2.24) is 48.2 Å². The Kier molecular flexibility index (Phi) is 24.2. The molecule has 0 saturated heterocycles. The number of pyridine rings is 6. The average Bonchev–Trinajstić information content (AvgIpc) is 1.55. The normalized spacial score (nSPS) is 13.1. The number of thiophene rings is 1. The standard InChI is InChI=1S/C41H33N6O.C40H30N5O2.C40H30N5OS.3Pt/c1-41(2,3)26-19-21-42-37(22-26)47-33-14-7-6-12-30(33)31-16-15-29(24-36(31)47)48-28-11-8-10-27(23-28)46-25-44(4)39-35(46)18-17-34-38(39)32-13-9-20-43-40(32)45(34)5;2*1-40(2,3)25-18-20-41-36(21-25)45-32-13-6-5-11-29(32)30-15-14-28(23-34(30)45)46-27-10-7-9-26(22-27)44-24-43(4)38-33(44)16-17-35-37(38)31-12-8-19-42-39(31)47-35;;;/h6-22,25H,1-5H3;2*5-21,24H,1-4H3;;;/q3*-3;;;. The van der Waals surface area contributed by atoms with Gasteiger partial charge in [-0.05, 0) is 198 Å². The molecule has 0 N–H and O–H groups in total. The Hall–Kier alpha value is -15.0. The largest absolute Gasteiger partial charge is 0.509 e. The predicted molar refractivity (Wildman–Crippen MR) is 576 cm³/mol. The van der Waals surface area contributed by atoms with Gasteiger partial charge in [0.2, 0.25) is 5.71 Å². The van der Waals surface area contributed by atoms with Crippen LogP contribution in [0.3, 0.4) is 0 Å². The van der Waals surface area contributed by atoms with Gasteiger partial charge in [0.1, 0.15) is 33.5 Å². The zero-order valence-corrected chi connectivity index (χ0v) is 89.0. The van der Waals surface area contributed by atoms with Crippen LogP contribution in [-0.2, 0) is 86.5 Å². The molecule has 145 heavy (non-hydrogen) atoms. The third-order valence-corrected chi connectivity index (χ3v) is 28.3. The second-order valence-corrected chi connectivity index (χ2v) is 40.4. The molecule has 0 unspecified atom stereocenters. The molecule has 0 fully saturated rings. The molecule has 24 aromatic rings. The van der Waals surface area contributed by atoms with Crippen LogP contribution in [0.15, 0.2) is 315 Å². The van der Waals surface area contributed by atoms with E-state index in [2.05, 4.69) is 391 Å². The third kappa shape index (κ3) is 16.5. The van der Waals surface area contributed by atoms with E-state index in [0.717, 1.165) is 172 Å². The van der Waals surface area contributed by atoms with Gasteiger partial charge >= 0.3 is 0 Å². The third-order valence-electron chi connectivity index (χ3n) is 27.2. The molecule has 12 aromatic heterocycles. The van der Waals surface area contributed by atoms with Crippen molar-refractivity contribution >= 4 is 192 Å². The maximum atomic E-state index is 6.49. The second-order valence-electron chi connectivity index (χ2n) is 39.4. The summed E-state index contributed by atoms with van der Waals surface area (Å²) in [6.45, 7) is 26.2. The number of fused-ring (bicyclic) bond motifs is 24. The van der Waals surface area contributed by atoms with E-state index in [1.807, 2.05) is 123 Å². The second kappa shape index (κ2) is 37.0. The minimum absolute atomic E-state index is 0. The monoisotopic (exact) mass is 2450 g/mol. The Bertz CT molecular complexity index is 8910. The fraction of sp³-hybridized carbons (Fsp3) is 0.132. The van der Waals surface area contributed by atoms with Crippen LogP contribution in [0.5, 0.6) is 34.5 Å². The molecule has 27 rings (SSSR count). The summed E-state index contributed by atoms with van der Waals surface area (Å²) < 4.78 is 35.4. The van der Waals surface area contributed by atoms with Gasteiger partial charge in [0, 0.05) is 219 Å². The van der Waals surface area contributed by atoms with E-state index in [1.165, 1.54) is 37.5 Å². The van der Waals surface area contributed by atoms with Crippen molar-refractivity contribution in [2.75, 3.05) is 50.5 Å². The molecule has 3 aliphatic heterocycles. The van der Waals surface area contributed by atoms with E-state index in [1.54, 1.807) is 17.5 Å². The first-order chi connectivity index (χ1) is 68.9. The predicted octanol–water partition coefficient (Wildman–Crippen LogP) is 29.8. The molecule has 0 radical (unpaired) electrons. The Balaban J connectivity index is 0.000000123. The van der Waals surface area contributed by atoms with Crippen LogP contribution in [0.4, 0.5) is 51.2 Å². The van der Waals surface area contributed by atoms with Gasteiger partial charge in [0.05, 0.1) is 16.3 Å². The number of para-hydroxylation sites is 3. The number of hydrogen-bond donors (Lipinski definition) is 0. The first kappa shape index (κ1) is 94.9. The summed E-state index contributed by atoms with van der Waals surface area (Å²) in [7, 11) is 8.29. The van der Waals surface area contributed by atoms with Crippen LogP contribution in [-0.4, -0.2) is 69.3 Å². The van der Waals surface area contributed by atoms with Crippen LogP contribution in [0.25, 0.3) is 147 Å². The molecule has 12 aromatic carbocycles. The number of rotatable bonds is 12. The summed E-state index contributed by atoms with van der Waals surface area (Å²) in [5, 5.41) is 13.5. The van der Waals surface area contributed by atoms with Crippen LogP contribution in [0, 0.1) is 56.4 Å². The van der Waals surface area contributed by atoms with Crippen molar-refractivity contribution in [3.05, 3.63) is 383 Å². The molecule has 0 bridgehead atoms. The van der Waals surface area contributed by atoms with Gasteiger partial charge in [-0.2, -0.15) is 56.4 Å². The first-order valence-corrected chi connectivity index (χ1v) is 48.2. The zero-order valence-electron chi connectivity index (χ0n) is 81.3. The molecule has 24 heteroatoms. The molecule has 0 atom stereocenters. The fourth-order valence-corrected chi connectivity index (χ4v) is 21.4. The number of anilines is 9. The van der Waals surface area contributed by atoms with Crippen molar-refractivity contribution in [1.29, 1.82) is 0 Å². The van der Waals surface area contributed by atoms with E-state index in [4.69, 9.17) is 33.6 Å². The summed E-state index contributed by atoms with van der Waals surface area (Å²) in [6, 6.07) is 115. The number of furan rings is 1. The molecular formula is C121H93N16O4Pt3S-9. The minimum Gasteiger partial charge on any atom is -0.509 e. The van der Waals surface area contributed by atoms with Gasteiger partial charge in [0.15, 0.2) is 0 Å². The van der Waals surface area contributed by atoms with E-state index >= 15 is 0 Å². The Labute approximate surface area is 886 Å². The summed E-state index contributed by atoms with van der Waals surface area (Å²) in [5.41, 5.74) is 22.4. The number of hydrogen-bond acceptors (Lipinski definition) is 17. The van der Waals surface area contributed by atoms with Gasteiger partial charge in [-0.25, -0.2) is 29.9 Å². The molecule has 3 aliphatic rings. The van der Waals surface area contributed by atoms with E-state index in [9.17, 15) is 0 Å². The number of aryl methyl sites for hydroxylation is 1. The Morgan fingerprint density at radius 3 is 1.12 bits per heavy atom. The summed E-state index contributed by atoms with van der Waals surface area (Å²) in [6.07, 6.45) is 11.1. The molecule has 0 aliphatic carbocycles. The van der Waals surface area contributed by atoms with Gasteiger partial charge in [0.25, 0.3) is 0 Å². The first-order valence-electron chi connectivity index (χ1n) is 47.4. The molecule has 0 amide bonds. The molecule has 15 heterocycles. The van der Waals surface area contributed by atoms with Crippen LogP contribution in [0.2, 0.25) is 0 Å². The van der Waals surface area contributed by atoms with Crippen molar-refractivity contribution < 1.29 is 81.8 Å². The molecule has 20 nitrogen and oxygen atoms in total. The number of ether oxygens (including phenoxy) is 3. The van der Waals surface area contributed by atoms with Gasteiger partial charge in [-0.1, -0.05) is 133 Å². The van der Waals surface area contributed by atoms with Crippen LogP contribution in [0.1, 0.15) is 79.0 Å². The van der Waals surface area contributed by atoms with E-state index in [0.29, 0.717) is 40.2 Å². The van der Waals surface area contributed by atoms with Crippen molar-refractivity contribution in [2.24, 2.45) is 7.05 Å². The maximum Gasteiger partial charge on any atom is 0.227 e. The van der Waals surface area contributed by atoms with Crippen LogP contribution >= 0.6 is 11.3 Å².